The van der Waals surface area contributed by atoms with Crippen LogP contribution < -0.4 is 10.4 Å². The molecule has 0 spiro atoms. The van der Waals surface area contributed by atoms with Crippen molar-refractivity contribution in [2.24, 2.45) is 0 Å². The molecule has 0 atom stereocenters. The summed E-state index contributed by atoms with van der Waals surface area (Å²) >= 11 is 0. The van der Waals surface area contributed by atoms with Crippen LogP contribution in [0, 0.1) is 0 Å². The number of anilines is 1. The smallest absolute Gasteiger partial charge is 0.301 e. The summed E-state index contributed by atoms with van der Waals surface area (Å²) in [4.78, 5) is 0. The van der Waals surface area contributed by atoms with Crippen molar-refractivity contribution in [1.82, 2.24) is 5.27 Å². The molecule has 0 aliphatic rings. The number of rotatable bonds is 7. The van der Waals surface area contributed by atoms with Gasteiger partial charge in [-0.1, -0.05) is 50.1 Å². The van der Waals surface area contributed by atoms with E-state index in [0.717, 1.165) is 24.2 Å². The molecular weight excluding hydrogens is 250 g/mol. The third-order valence-corrected chi connectivity index (χ3v) is 3.22. The van der Waals surface area contributed by atoms with Gasteiger partial charge in [-0.3, -0.25) is 4.52 Å². The van der Waals surface area contributed by atoms with Crippen molar-refractivity contribution in [1.29, 1.82) is 0 Å². The molecule has 2 N–H and O–H groups in total. The highest BCUT2D eigenvalue weighted by Crippen LogP contribution is 2.11. The van der Waals surface area contributed by atoms with Crippen molar-refractivity contribution in [3.8, 4) is 0 Å². The Labute approximate surface area is 119 Å². The Hall–Kier alpha value is -2.10. The SMILES string of the molecule is CCCCCC[n+]1noc(N)c1/C=C/c1ccccc1. The van der Waals surface area contributed by atoms with Crippen molar-refractivity contribution in [3.63, 3.8) is 0 Å². The molecule has 0 saturated carbocycles. The zero-order chi connectivity index (χ0) is 14.2. The van der Waals surface area contributed by atoms with E-state index in [1.807, 2.05) is 47.2 Å². The largest absolute Gasteiger partial charge is 0.362 e. The van der Waals surface area contributed by atoms with Crippen LogP contribution in [0.5, 0.6) is 0 Å². The standard InChI is InChI=1S/C16H22N3O/c1-2-3-4-8-13-19-15(16(17)20-18-19)12-11-14-9-6-5-7-10-14/h5-7,9-12H,2-4,8,13,17H2,1H3/q+1/b12-11+. The van der Waals surface area contributed by atoms with E-state index in [1.54, 1.807) is 0 Å². The van der Waals surface area contributed by atoms with Gasteiger partial charge in [0.1, 0.15) is 0 Å². The van der Waals surface area contributed by atoms with Gasteiger partial charge in [0.15, 0.2) is 6.54 Å². The average Bonchev–Trinajstić information content (AvgIpc) is 2.83. The van der Waals surface area contributed by atoms with E-state index in [-0.39, 0.29) is 0 Å². The summed E-state index contributed by atoms with van der Waals surface area (Å²) in [5.74, 6) is 0.368. The minimum Gasteiger partial charge on any atom is -0.362 e. The first-order chi connectivity index (χ1) is 9.81. The predicted octanol–water partition coefficient (Wildman–Crippen LogP) is 3.30. The van der Waals surface area contributed by atoms with E-state index in [4.69, 9.17) is 10.3 Å². The summed E-state index contributed by atoms with van der Waals surface area (Å²) in [6.45, 7) is 3.05. The minimum atomic E-state index is 0.368. The van der Waals surface area contributed by atoms with Crippen LogP contribution >= 0.6 is 0 Å². The Kier molecular flexibility index (Phi) is 5.35. The first-order valence-corrected chi connectivity index (χ1v) is 7.19. The summed E-state index contributed by atoms with van der Waals surface area (Å²) in [6, 6.07) is 10.1. The molecule has 1 aromatic heterocycles. The zero-order valence-corrected chi connectivity index (χ0v) is 12.0. The van der Waals surface area contributed by atoms with Gasteiger partial charge in [0, 0.05) is 12.5 Å². The second kappa shape index (κ2) is 7.48. The number of hydrogen-bond acceptors (Lipinski definition) is 3. The molecule has 4 heteroatoms. The highest BCUT2D eigenvalue weighted by molar-refractivity contribution is 5.70. The molecule has 0 fully saturated rings. The van der Waals surface area contributed by atoms with Crippen LogP contribution in [0.1, 0.15) is 43.9 Å². The lowest BCUT2D eigenvalue weighted by atomic mass is 10.2. The van der Waals surface area contributed by atoms with Gasteiger partial charge in [0.2, 0.25) is 5.27 Å². The highest BCUT2D eigenvalue weighted by Gasteiger charge is 2.19. The molecule has 20 heavy (non-hydrogen) atoms. The minimum absolute atomic E-state index is 0.368. The van der Waals surface area contributed by atoms with Gasteiger partial charge in [-0.05, 0) is 22.7 Å². The van der Waals surface area contributed by atoms with E-state index in [2.05, 4.69) is 12.2 Å². The first-order valence-electron chi connectivity index (χ1n) is 7.19. The Morgan fingerprint density at radius 3 is 2.70 bits per heavy atom. The average molecular weight is 272 g/mol. The lowest BCUT2D eigenvalue weighted by Gasteiger charge is -1.93. The van der Waals surface area contributed by atoms with E-state index in [0.29, 0.717) is 5.88 Å². The summed E-state index contributed by atoms with van der Waals surface area (Å²) in [5, 5.41) is 3.99. The fourth-order valence-corrected chi connectivity index (χ4v) is 2.07. The van der Waals surface area contributed by atoms with Gasteiger partial charge in [-0.15, -0.1) is 0 Å². The first kappa shape index (κ1) is 14.3. The second-order valence-electron chi connectivity index (χ2n) is 4.85. The van der Waals surface area contributed by atoms with E-state index >= 15 is 0 Å². The van der Waals surface area contributed by atoms with E-state index in [1.165, 1.54) is 19.3 Å². The van der Waals surface area contributed by atoms with Gasteiger partial charge >= 0.3 is 5.88 Å². The molecule has 0 aliphatic carbocycles. The second-order valence-corrected chi connectivity index (χ2v) is 4.85. The molecule has 2 aromatic rings. The Balaban J connectivity index is 2.03. The van der Waals surface area contributed by atoms with Crippen LogP contribution in [0.3, 0.4) is 0 Å². The normalized spacial score (nSPS) is 11.2. The van der Waals surface area contributed by atoms with Crippen molar-refractivity contribution < 1.29 is 9.20 Å². The molecule has 1 aromatic carbocycles. The fourth-order valence-electron chi connectivity index (χ4n) is 2.07. The van der Waals surface area contributed by atoms with Gasteiger partial charge in [0.05, 0.1) is 0 Å². The maximum absolute atomic E-state index is 5.83. The Bertz CT molecular complexity index is 546. The Morgan fingerprint density at radius 2 is 1.95 bits per heavy atom. The number of aromatic nitrogens is 2. The molecule has 0 aliphatic heterocycles. The van der Waals surface area contributed by atoms with Crippen LogP contribution in [0.4, 0.5) is 5.88 Å². The van der Waals surface area contributed by atoms with Crippen molar-refractivity contribution >= 4 is 18.0 Å². The Morgan fingerprint density at radius 1 is 1.15 bits per heavy atom. The van der Waals surface area contributed by atoms with E-state index < -0.39 is 0 Å². The predicted molar refractivity (Wildman–Crippen MR) is 80.6 cm³/mol. The van der Waals surface area contributed by atoms with Crippen molar-refractivity contribution in [2.75, 3.05) is 5.73 Å². The molecule has 0 unspecified atom stereocenters. The van der Waals surface area contributed by atoms with Gasteiger partial charge < -0.3 is 5.73 Å². The highest BCUT2D eigenvalue weighted by atomic mass is 16.5. The van der Waals surface area contributed by atoms with Crippen LogP contribution in [-0.4, -0.2) is 5.27 Å². The third-order valence-electron chi connectivity index (χ3n) is 3.22. The van der Waals surface area contributed by atoms with E-state index in [9.17, 15) is 0 Å². The molecule has 4 nitrogen and oxygen atoms in total. The van der Waals surface area contributed by atoms with Crippen molar-refractivity contribution in [2.45, 2.75) is 39.2 Å². The molecular formula is C16H22N3O+. The molecule has 1 heterocycles. The van der Waals surface area contributed by atoms with Crippen molar-refractivity contribution in [3.05, 3.63) is 41.6 Å². The van der Waals surface area contributed by atoms with Gasteiger partial charge in [0.25, 0.3) is 5.69 Å². The maximum Gasteiger partial charge on any atom is 0.301 e. The number of unbranched alkanes of at least 4 members (excludes halogenated alkanes) is 3. The number of nitrogens with zero attached hydrogens (tertiary/aromatic N) is 2. The summed E-state index contributed by atoms with van der Waals surface area (Å²) in [7, 11) is 0. The van der Waals surface area contributed by atoms with Gasteiger partial charge in [-0.2, -0.15) is 0 Å². The van der Waals surface area contributed by atoms with Gasteiger partial charge in [-0.25, -0.2) is 0 Å². The fraction of sp³-hybridized carbons (Fsp3) is 0.375. The molecule has 0 amide bonds. The van der Waals surface area contributed by atoms with Crippen LogP contribution in [0.2, 0.25) is 0 Å². The summed E-state index contributed by atoms with van der Waals surface area (Å²) < 4.78 is 6.92. The lowest BCUT2D eigenvalue weighted by Crippen LogP contribution is -2.38. The summed E-state index contributed by atoms with van der Waals surface area (Å²) in [5.41, 5.74) is 7.80. The van der Waals surface area contributed by atoms with Crippen LogP contribution in [-0.2, 0) is 6.54 Å². The maximum atomic E-state index is 5.83. The van der Waals surface area contributed by atoms with Crippen LogP contribution in [0.25, 0.3) is 12.2 Å². The molecule has 0 radical (unpaired) electrons. The molecule has 0 bridgehead atoms. The molecule has 0 saturated heterocycles. The number of nitrogen functional groups attached to an aromatic ring is 1. The summed E-state index contributed by atoms with van der Waals surface area (Å²) in [6.07, 6.45) is 8.76. The molecule has 106 valence electrons. The topological polar surface area (TPSA) is 55.9 Å². The number of nitrogens with two attached hydrogens (primary N) is 1. The van der Waals surface area contributed by atoms with Crippen LogP contribution in [0.15, 0.2) is 34.9 Å². The zero-order valence-electron chi connectivity index (χ0n) is 12.0. The molecule has 2 rings (SSSR count). The monoisotopic (exact) mass is 272 g/mol. The third kappa shape index (κ3) is 3.95. The number of hydrogen-bond donors (Lipinski definition) is 1. The number of benzene rings is 1. The lowest BCUT2D eigenvalue weighted by molar-refractivity contribution is -0.763. The number of aryl methyl sites for hydroxylation is 1. The quantitative estimate of drug-likeness (QED) is 0.621.